The molecule has 2 aliphatic rings. The zero-order valence-electron chi connectivity index (χ0n) is 10.6. The second kappa shape index (κ2) is 5.48. The molecule has 2 saturated heterocycles. The van der Waals surface area contributed by atoms with Crippen molar-refractivity contribution in [3.05, 3.63) is 0 Å². The third-order valence-corrected chi connectivity index (χ3v) is 3.63. The molecule has 2 atom stereocenters. The lowest BCUT2D eigenvalue weighted by Crippen LogP contribution is -2.40. The first-order chi connectivity index (χ1) is 8.49. The van der Waals surface area contributed by atoms with Crippen LogP contribution in [0.25, 0.3) is 0 Å². The monoisotopic (exact) mass is 262 g/mol. The highest BCUT2D eigenvalue weighted by Gasteiger charge is 2.50. The molecule has 2 fully saturated rings. The van der Waals surface area contributed by atoms with Crippen LogP contribution < -0.4 is 5.32 Å². The second-order valence-corrected chi connectivity index (χ2v) is 5.19. The van der Waals surface area contributed by atoms with Crippen LogP contribution >= 0.6 is 0 Å². The Hall–Kier alpha value is -0.750. The van der Waals surface area contributed by atoms with Gasteiger partial charge in [-0.2, -0.15) is 8.78 Å². The van der Waals surface area contributed by atoms with E-state index in [-0.39, 0.29) is 0 Å². The number of cyclic esters (lactones) is 1. The van der Waals surface area contributed by atoms with E-state index in [1.807, 2.05) is 0 Å². The fourth-order valence-corrected chi connectivity index (χ4v) is 2.53. The fourth-order valence-electron chi connectivity index (χ4n) is 2.53. The Morgan fingerprint density at radius 1 is 1.50 bits per heavy atom. The highest BCUT2D eigenvalue weighted by molar-refractivity contribution is 5.79. The number of nitrogens with one attached hydrogen (secondary N) is 1. The van der Waals surface area contributed by atoms with Gasteiger partial charge in [0.2, 0.25) is 0 Å². The molecule has 1 N–H and O–H groups in total. The smallest absolute Gasteiger partial charge is 0.377 e. The van der Waals surface area contributed by atoms with Gasteiger partial charge in [-0.3, -0.25) is 4.90 Å². The van der Waals surface area contributed by atoms with Crippen molar-refractivity contribution in [2.75, 3.05) is 26.2 Å². The van der Waals surface area contributed by atoms with Gasteiger partial charge in [0.1, 0.15) is 6.10 Å². The molecule has 2 heterocycles. The summed E-state index contributed by atoms with van der Waals surface area (Å²) >= 11 is 0. The van der Waals surface area contributed by atoms with Crippen LogP contribution in [-0.2, 0) is 9.53 Å². The number of alkyl halides is 2. The topological polar surface area (TPSA) is 41.6 Å². The third kappa shape index (κ3) is 3.17. The Kier molecular flexibility index (Phi) is 4.17. The molecular weight excluding hydrogens is 242 g/mol. The molecule has 0 spiro atoms. The zero-order valence-corrected chi connectivity index (χ0v) is 10.6. The number of halogens is 2. The number of hydrogen-bond donors (Lipinski definition) is 1. The van der Waals surface area contributed by atoms with Crippen molar-refractivity contribution in [3.63, 3.8) is 0 Å². The van der Waals surface area contributed by atoms with Crippen molar-refractivity contribution in [2.24, 2.45) is 0 Å². The van der Waals surface area contributed by atoms with E-state index < -0.39 is 24.4 Å². The number of carbonyl (C=O) groups excluding carboxylic acids is 1. The van der Waals surface area contributed by atoms with Gasteiger partial charge in [-0.15, -0.1) is 0 Å². The van der Waals surface area contributed by atoms with Gasteiger partial charge in [0.15, 0.2) is 0 Å². The summed E-state index contributed by atoms with van der Waals surface area (Å²) in [4.78, 5) is 13.2. The summed E-state index contributed by atoms with van der Waals surface area (Å²) in [7, 11) is 0. The third-order valence-electron chi connectivity index (χ3n) is 3.63. The maximum atomic E-state index is 12.9. The molecule has 0 bridgehead atoms. The molecule has 0 aromatic carbocycles. The molecular formula is C12H20F2N2O2. The molecule has 6 heteroatoms. The normalized spacial score (nSPS) is 29.5. The molecule has 0 saturated carbocycles. The fraction of sp³-hybridized carbons (Fsp3) is 0.917. The summed E-state index contributed by atoms with van der Waals surface area (Å²) in [5.41, 5.74) is 0. The van der Waals surface area contributed by atoms with Crippen LogP contribution in [0.4, 0.5) is 8.78 Å². The van der Waals surface area contributed by atoms with Crippen LogP contribution in [0.5, 0.6) is 0 Å². The minimum Gasteiger partial charge on any atom is -0.456 e. The van der Waals surface area contributed by atoms with Gasteiger partial charge in [-0.25, -0.2) is 4.79 Å². The van der Waals surface area contributed by atoms with Gasteiger partial charge in [0, 0.05) is 19.1 Å². The summed E-state index contributed by atoms with van der Waals surface area (Å²) in [6.45, 7) is 5.38. The lowest BCUT2D eigenvalue weighted by Gasteiger charge is -2.24. The SMILES string of the molecule is CC(CNCC1CC(F)(F)C(=O)O1)N1CCCC1. The molecule has 0 amide bonds. The number of hydrogen-bond acceptors (Lipinski definition) is 4. The largest absolute Gasteiger partial charge is 0.456 e. The number of esters is 1. The average Bonchev–Trinajstić information content (AvgIpc) is 2.88. The molecule has 0 aliphatic carbocycles. The quantitative estimate of drug-likeness (QED) is 0.751. The van der Waals surface area contributed by atoms with Gasteiger partial charge in [0.05, 0.1) is 6.42 Å². The molecule has 0 aromatic heterocycles. The summed E-state index contributed by atoms with van der Waals surface area (Å²) in [6.07, 6.45) is 1.27. The van der Waals surface area contributed by atoms with E-state index in [1.54, 1.807) is 0 Å². The van der Waals surface area contributed by atoms with Crippen molar-refractivity contribution in [1.29, 1.82) is 0 Å². The number of ether oxygens (including phenoxy) is 1. The first kappa shape index (κ1) is 13.7. The lowest BCUT2D eigenvalue weighted by molar-refractivity contribution is -0.159. The molecule has 0 aromatic rings. The van der Waals surface area contributed by atoms with Gasteiger partial charge in [0.25, 0.3) is 0 Å². The first-order valence-corrected chi connectivity index (χ1v) is 6.53. The number of likely N-dealkylation sites (tertiary alicyclic amines) is 1. The maximum absolute atomic E-state index is 12.9. The van der Waals surface area contributed by atoms with Crippen LogP contribution in [0.1, 0.15) is 26.2 Å². The van der Waals surface area contributed by atoms with Gasteiger partial charge < -0.3 is 10.1 Å². The molecule has 18 heavy (non-hydrogen) atoms. The molecule has 2 unspecified atom stereocenters. The van der Waals surface area contributed by atoms with Gasteiger partial charge in [-0.05, 0) is 32.9 Å². The van der Waals surface area contributed by atoms with E-state index in [9.17, 15) is 13.6 Å². The molecule has 4 nitrogen and oxygen atoms in total. The zero-order chi connectivity index (χ0) is 13.2. The Morgan fingerprint density at radius 3 is 2.72 bits per heavy atom. The Balaban J connectivity index is 1.65. The predicted octanol–water partition coefficient (Wildman–Crippen LogP) is 1.01. The molecule has 0 radical (unpaired) electrons. The van der Waals surface area contributed by atoms with E-state index in [4.69, 9.17) is 0 Å². The summed E-state index contributed by atoms with van der Waals surface area (Å²) in [5, 5.41) is 3.11. The maximum Gasteiger partial charge on any atom is 0.377 e. The van der Waals surface area contributed by atoms with Crippen LogP contribution in [0.15, 0.2) is 0 Å². The van der Waals surface area contributed by atoms with E-state index in [2.05, 4.69) is 21.9 Å². The van der Waals surface area contributed by atoms with Crippen LogP contribution in [0.3, 0.4) is 0 Å². The van der Waals surface area contributed by atoms with Gasteiger partial charge in [-0.1, -0.05) is 0 Å². The van der Waals surface area contributed by atoms with Crippen LogP contribution in [0.2, 0.25) is 0 Å². The van der Waals surface area contributed by atoms with Crippen molar-refractivity contribution in [1.82, 2.24) is 10.2 Å². The van der Waals surface area contributed by atoms with Crippen LogP contribution in [0, 0.1) is 0 Å². The Bertz CT molecular complexity index is 306. The van der Waals surface area contributed by atoms with Crippen molar-refractivity contribution >= 4 is 5.97 Å². The lowest BCUT2D eigenvalue weighted by atomic mass is 10.2. The average molecular weight is 262 g/mol. The standard InChI is InChI=1S/C12H20F2N2O2/c1-9(16-4-2-3-5-16)7-15-8-10-6-12(13,14)11(17)18-10/h9-10,15H,2-8H2,1H3. The van der Waals surface area contributed by atoms with E-state index in [1.165, 1.54) is 12.8 Å². The molecule has 2 rings (SSSR count). The van der Waals surface area contributed by atoms with Crippen molar-refractivity contribution in [3.8, 4) is 0 Å². The predicted molar refractivity (Wildman–Crippen MR) is 62.6 cm³/mol. The summed E-state index contributed by atoms with van der Waals surface area (Å²) in [5.74, 6) is -4.69. The van der Waals surface area contributed by atoms with E-state index >= 15 is 0 Å². The highest BCUT2D eigenvalue weighted by Crippen LogP contribution is 2.30. The van der Waals surface area contributed by atoms with E-state index in [0.29, 0.717) is 12.6 Å². The second-order valence-electron chi connectivity index (χ2n) is 5.19. The van der Waals surface area contributed by atoms with Gasteiger partial charge >= 0.3 is 11.9 Å². The number of carbonyl (C=O) groups is 1. The number of nitrogens with zero attached hydrogens (tertiary/aromatic N) is 1. The van der Waals surface area contributed by atoms with Crippen molar-refractivity contribution < 1.29 is 18.3 Å². The molecule has 104 valence electrons. The van der Waals surface area contributed by atoms with Crippen LogP contribution in [-0.4, -0.2) is 55.1 Å². The van der Waals surface area contributed by atoms with E-state index in [0.717, 1.165) is 19.6 Å². The Labute approximate surface area is 106 Å². The minimum absolute atomic E-state index is 0.305. The summed E-state index contributed by atoms with van der Waals surface area (Å²) < 4.78 is 30.4. The number of rotatable bonds is 5. The summed E-state index contributed by atoms with van der Waals surface area (Å²) in [6, 6.07) is 0.394. The van der Waals surface area contributed by atoms with Crippen molar-refractivity contribution in [2.45, 2.75) is 44.3 Å². The first-order valence-electron chi connectivity index (χ1n) is 6.53. The molecule has 2 aliphatic heterocycles. The Morgan fingerprint density at radius 2 is 2.17 bits per heavy atom. The minimum atomic E-state index is -3.30. The highest BCUT2D eigenvalue weighted by atomic mass is 19.3.